The lowest BCUT2D eigenvalue weighted by atomic mass is 9.85. The molecule has 2 atom stereocenters. The maximum absolute atomic E-state index is 13.2. The van der Waals surface area contributed by atoms with Gasteiger partial charge in [-0.15, -0.1) is 0 Å². The van der Waals surface area contributed by atoms with Crippen LogP contribution in [0.2, 0.25) is 0 Å². The van der Waals surface area contributed by atoms with Gasteiger partial charge in [-0.2, -0.15) is 0 Å². The largest absolute Gasteiger partial charge is 0.338 e. The second-order valence-corrected chi connectivity index (χ2v) is 7.96. The quantitative estimate of drug-likeness (QED) is 0.804. The molecule has 1 heterocycles. The third kappa shape index (κ3) is 4.53. The van der Waals surface area contributed by atoms with Gasteiger partial charge in [-0.1, -0.05) is 30.3 Å². The van der Waals surface area contributed by atoms with Crippen LogP contribution in [0.3, 0.4) is 0 Å². The molecule has 0 bridgehead atoms. The fraction of sp³-hybridized carbons (Fsp3) is 0.435. The number of hydrogen-bond donors (Lipinski definition) is 2. The maximum Gasteiger partial charge on any atom is 0.319 e. The van der Waals surface area contributed by atoms with Crippen LogP contribution in [0.15, 0.2) is 48.5 Å². The van der Waals surface area contributed by atoms with Crippen LogP contribution in [0, 0.1) is 11.7 Å². The molecule has 1 saturated heterocycles. The molecule has 2 N–H and O–H groups in total. The van der Waals surface area contributed by atoms with Crippen LogP contribution in [-0.2, 0) is 6.42 Å². The van der Waals surface area contributed by atoms with Crippen LogP contribution in [-0.4, -0.2) is 30.6 Å². The molecule has 2 aliphatic rings. The predicted octanol–water partition coefficient (Wildman–Crippen LogP) is 4.74. The zero-order valence-corrected chi connectivity index (χ0v) is 16.2. The highest BCUT2D eigenvalue weighted by molar-refractivity contribution is 5.89. The molecule has 4 rings (SSSR count). The Morgan fingerprint density at radius 1 is 1.11 bits per heavy atom. The summed E-state index contributed by atoms with van der Waals surface area (Å²) in [5.41, 5.74) is 3.46. The van der Waals surface area contributed by atoms with Crippen LogP contribution in [0.5, 0.6) is 0 Å². The molecule has 148 valence electrons. The number of fused-ring (bicyclic) bond motifs is 1. The highest BCUT2D eigenvalue weighted by atomic mass is 19.1. The molecule has 0 radical (unpaired) electrons. The van der Waals surface area contributed by atoms with Gasteiger partial charge in [0, 0.05) is 24.8 Å². The van der Waals surface area contributed by atoms with Crippen molar-refractivity contribution in [2.45, 2.75) is 38.1 Å². The zero-order chi connectivity index (χ0) is 19.3. The number of likely N-dealkylation sites (tertiary alicyclic amines) is 1. The van der Waals surface area contributed by atoms with E-state index in [4.69, 9.17) is 0 Å². The summed E-state index contributed by atoms with van der Waals surface area (Å²) in [5.74, 6) is 0.0922. The molecular formula is C23H28FN3O. The average molecular weight is 381 g/mol. The highest BCUT2D eigenvalue weighted by Gasteiger charge is 2.29. The number of halogens is 1. The van der Waals surface area contributed by atoms with E-state index < -0.39 is 0 Å². The lowest BCUT2D eigenvalue weighted by Gasteiger charge is -2.41. The lowest BCUT2D eigenvalue weighted by molar-refractivity contribution is 0.112. The number of benzene rings is 2. The molecule has 5 heteroatoms. The number of rotatable bonds is 4. The summed E-state index contributed by atoms with van der Waals surface area (Å²) < 4.78 is 13.2. The topological polar surface area (TPSA) is 44.4 Å². The van der Waals surface area contributed by atoms with Crippen molar-refractivity contribution in [3.63, 3.8) is 0 Å². The lowest BCUT2D eigenvalue weighted by Crippen LogP contribution is -2.43. The van der Waals surface area contributed by atoms with Crippen molar-refractivity contribution in [3.05, 3.63) is 65.5 Å². The Hall–Kier alpha value is -2.40. The highest BCUT2D eigenvalue weighted by Crippen LogP contribution is 2.36. The number of piperidine rings is 1. The average Bonchev–Trinajstić information content (AvgIpc) is 2.72. The molecule has 2 amide bonds. The summed E-state index contributed by atoms with van der Waals surface area (Å²) in [6, 6.07) is 15.0. The fourth-order valence-corrected chi connectivity index (χ4v) is 4.63. The van der Waals surface area contributed by atoms with Crippen molar-refractivity contribution in [2.24, 2.45) is 5.92 Å². The molecule has 2 unspecified atom stereocenters. The first-order chi connectivity index (χ1) is 13.7. The Morgan fingerprint density at radius 3 is 2.89 bits per heavy atom. The number of hydrogen-bond acceptors (Lipinski definition) is 2. The van der Waals surface area contributed by atoms with Crippen molar-refractivity contribution in [1.82, 2.24) is 10.2 Å². The van der Waals surface area contributed by atoms with Crippen LogP contribution in [0.1, 0.15) is 42.9 Å². The van der Waals surface area contributed by atoms with E-state index in [1.54, 1.807) is 12.1 Å². The Bertz CT molecular complexity index is 825. The minimum absolute atomic E-state index is 0.272. The molecule has 1 aliphatic heterocycles. The molecule has 2 aromatic rings. The number of amides is 2. The second kappa shape index (κ2) is 8.74. The summed E-state index contributed by atoms with van der Waals surface area (Å²) in [5, 5.41) is 5.67. The smallest absolute Gasteiger partial charge is 0.319 e. The number of carbonyl (C=O) groups excluding carboxylic acids is 1. The Balaban J connectivity index is 1.31. The van der Waals surface area contributed by atoms with Gasteiger partial charge in [0.1, 0.15) is 5.82 Å². The number of aryl methyl sites for hydroxylation is 1. The van der Waals surface area contributed by atoms with Crippen molar-refractivity contribution in [3.8, 4) is 0 Å². The Labute approximate surface area is 166 Å². The minimum atomic E-state index is -0.353. The molecule has 1 aliphatic carbocycles. The van der Waals surface area contributed by atoms with Gasteiger partial charge in [-0.05, 0) is 73.9 Å². The van der Waals surface area contributed by atoms with Crippen LogP contribution >= 0.6 is 0 Å². The first-order valence-corrected chi connectivity index (χ1v) is 10.3. The van der Waals surface area contributed by atoms with Crippen molar-refractivity contribution >= 4 is 11.7 Å². The van der Waals surface area contributed by atoms with Crippen LogP contribution in [0.4, 0.5) is 14.9 Å². The van der Waals surface area contributed by atoms with E-state index in [-0.39, 0.29) is 11.8 Å². The van der Waals surface area contributed by atoms with Gasteiger partial charge in [0.15, 0.2) is 0 Å². The molecule has 0 aromatic heterocycles. The summed E-state index contributed by atoms with van der Waals surface area (Å²) in [4.78, 5) is 14.8. The molecule has 0 saturated carbocycles. The van der Waals surface area contributed by atoms with E-state index in [0.29, 0.717) is 24.2 Å². The minimum Gasteiger partial charge on any atom is -0.338 e. The third-order valence-electron chi connectivity index (χ3n) is 5.96. The summed E-state index contributed by atoms with van der Waals surface area (Å²) in [7, 11) is 0. The Morgan fingerprint density at radius 2 is 2.00 bits per heavy atom. The standard InChI is InChI=1S/C23H28FN3O/c24-19-9-4-10-20(14-19)26-23(28)25-15-17-6-5-13-27(16-17)22-12-3-8-18-7-1-2-11-21(18)22/h1-2,4,7,9-11,14,17,22H,3,5-6,8,12-13,15-16H2,(H2,25,26,28). The van der Waals surface area contributed by atoms with Gasteiger partial charge in [-0.3, -0.25) is 4.90 Å². The van der Waals surface area contributed by atoms with E-state index in [1.807, 2.05) is 0 Å². The summed E-state index contributed by atoms with van der Waals surface area (Å²) in [6.45, 7) is 2.79. The van der Waals surface area contributed by atoms with Crippen molar-refractivity contribution < 1.29 is 9.18 Å². The van der Waals surface area contributed by atoms with Crippen LogP contribution < -0.4 is 10.6 Å². The van der Waals surface area contributed by atoms with E-state index in [2.05, 4.69) is 39.8 Å². The number of nitrogens with zero attached hydrogens (tertiary/aromatic N) is 1. The molecule has 28 heavy (non-hydrogen) atoms. The second-order valence-electron chi connectivity index (χ2n) is 7.96. The Kier molecular flexibility index (Phi) is 5.91. The number of urea groups is 1. The molecule has 0 spiro atoms. The van der Waals surface area contributed by atoms with Gasteiger partial charge < -0.3 is 10.6 Å². The predicted molar refractivity (Wildman–Crippen MR) is 110 cm³/mol. The number of carbonyl (C=O) groups is 1. The molecule has 2 aromatic carbocycles. The number of anilines is 1. The first-order valence-electron chi connectivity index (χ1n) is 10.3. The van der Waals surface area contributed by atoms with E-state index in [1.165, 1.54) is 42.5 Å². The molecule has 4 nitrogen and oxygen atoms in total. The molecular weight excluding hydrogens is 353 g/mol. The van der Waals surface area contributed by atoms with Gasteiger partial charge >= 0.3 is 6.03 Å². The SMILES string of the molecule is O=C(NCC1CCCN(C2CCCc3ccccc32)C1)Nc1cccc(F)c1. The zero-order valence-electron chi connectivity index (χ0n) is 16.2. The van der Waals surface area contributed by atoms with Crippen molar-refractivity contribution in [1.29, 1.82) is 0 Å². The van der Waals surface area contributed by atoms with E-state index >= 15 is 0 Å². The van der Waals surface area contributed by atoms with E-state index in [9.17, 15) is 9.18 Å². The third-order valence-corrected chi connectivity index (χ3v) is 5.96. The molecule has 1 fully saturated rings. The van der Waals surface area contributed by atoms with Crippen LogP contribution in [0.25, 0.3) is 0 Å². The fourth-order valence-electron chi connectivity index (χ4n) is 4.63. The van der Waals surface area contributed by atoms with Gasteiger partial charge in [-0.25, -0.2) is 9.18 Å². The summed E-state index contributed by atoms with van der Waals surface area (Å²) in [6.07, 6.45) is 5.95. The normalized spacial score (nSPS) is 22.3. The summed E-state index contributed by atoms with van der Waals surface area (Å²) >= 11 is 0. The van der Waals surface area contributed by atoms with Gasteiger partial charge in [0.25, 0.3) is 0 Å². The maximum atomic E-state index is 13.2. The van der Waals surface area contributed by atoms with Gasteiger partial charge in [0.05, 0.1) is 0 Å². The number of nitrogens with one attached hydrogen (secondary N) is 2. The van der Waals surface area contributed by atoms with Gasteiger partial charge in [0.2, 0.25) is 0 Å². The van der Waals surface area contributed by atoms with Crippen molar-refractivity contribution in [2.75, 3.05) is 25.0 Å². The first kappa shape index (κ1) is 18.9. The van der Waals surface area contributed by atoms with E-state index in [0.717, 1.165) is 25.9 Å². The monoisotopic (exact) mass is 381 g/mol.